The van der Waals surface area contributed by atoms with Crippen molar-refractivity contribution < 1.29 is 4.74 Å². The Kier molecular flexibility index (Phi) is 3.87. The predicted octanol–water partition coefficient (Wildman–Crippen LogP) is 2.49. The van der Waals surface area contributed by atoms with Gasteiger partial charge in [0.1, 0.15) is 0 Å². The average molecular weight is 277 g/mol. The highest BCUT2D eigenvalue weighted by atomic mass is 16.5. The number of hydrogen-bond donors (Lipinski definition) is 1. The van der Waals surface area contributed by atoms with Crippen LogP contribution < -0.4 is 5.73 Å². The van der Waals surface area contributed by atoms with E-state index in [-0.39, 0.29) is 5.60 Å². The third-order valence-corrected chi connectivity index (χ3v) is 5.16. The molecular weight excluding hydrogens is 250 g/mol. The van der Waals surface area contributed by atoms with Crippen LogP contribution in [0.4, 0.5) is 0 Å². The van der Waals surface area contributed by atoms with Crippen molar-refractivity contribution in [3.8, 4) is 0 Å². The van der Waals surface area contributed by atoms with Gasteiger partial charge >= 0.3 is 0 Å². The Morgan fingerprint density at radius 3 is 2.75 bits per heavy atom. The Bertz CT molecular complexity index is 474. The summed E-state index contributed by atoms with van der Waals surface area (Å²) in [4.78, 5) is 0. The van der Waals surface area contributed by atoms with E-state index in [1.807, 2.05) is 0 Å². The van der Waals surface area contributed by atoms with Gasteiger partial charge in [-0.3, -0.25) is 4.68 Å². The molecule has 1 atom stereocenters. The molecule has 1 aliphatic carbocycles. The third kappa shape index (κ3) is 2.51. The number of rotatable bonds is 4. The fourth-order valence-electron chi connectivity index (χ4n) is 4.02. The average Bonchev–Trinajstić information content (AvgIpc) is 3.10. The van der Waals surface area contributed by atoms with Crippen LogP contribution in [0.2, 0.25) is 0 Å². The van der Waals surface area contributed by atoms with Crippen LogP contribution >= 0.6 is 0 Å². The Morgan fingerprint density at radius 2 is 2.05 bits per heavy atom. The minimum Gasteiger partial charge on any atom is -0.370 e. The molecule has 3 rings (SSSR count). The van der Waals surface area contributed by atoms with E-state index < -0.39 is 0 Å². The van der Waals surface area contributed by atoms with Crippen LogP contribution in [0.5, 0.6) is 0 Å². The van der Waals surface area contributed by atoms with Crippen molar-refractivity contribution in [2.75, 3.05) is 6.54 Å². The van der Waals surface area contributed by atoms with Crippen LogP contribution in [-0.2, 0) is 17.7 Å². The van der Waals surface area contributed by atoms with Crippen molar-refractivity contribution in [1.82, 2.24) is 9.78 Å². The molecule has 0 bridgehead atoms. The van der Waals surface area contributed by atoms with Gasteiger partial charge in [-0.2, -0.15) is 5.10 Å². The fourth-order valence-corrected chi connectivity index (χ4v) is 4.02. The number of nitrogens with zero attached hydrogens (tertiary/aromatic N) is 2. The molecule has 20 heavy (non-hydrogen) atoms. The zero-order valence-electron chi connectivity index (χ0n) is 12.8. The van der Waals surface area contributed by atoms with Gasteiger partial charge in [0, 0.05) is 5.69 Å². The van der Waals surface area contributed by atoms with Crippen LogP contribution in [0.1, 0.15) is 55.5 Å². The van der Waals surface area contributed by atoms with Crippen LogP contribution in [0.25, 0.3) is 0 Å². The van der Waals surface area contributed by atoms with Gasteiger partial charge in [-0.15, -0.1) is 0 Å². The van der Waals surface area contributed by atoms with Crippen molar-refractivity contribution in [2.45, 2.75) is 77.0 Å². The first-order valence-electron chi connectivity index (χ1n) is 8.04. The van der Waals surface area contributed by atoms with Gasteiger partial charge in [0.05, 0.1) is 23.9 Å². The lowest BCUT2D eigenvalue weighted by atomic mass is 9.98. The smallest absolute Gasteiger partial charge is 0.0779 e. The molecule has 1 aliphatic heterocycles. The van der Waals surface area contributed by atoms with E-state index in [0.29, 0.717) is 12.6 Å². The molecule has 1 unspecified atom stereocenters. The van der Waals surface area contributed by atoms with Gasteiger partial charge in [0.25, 0.3) is 0 Å². The summed E-state index contributed by atoms with van der Waals surface area (Å²) in [5.74, 6) is 0. The third-order valence-electron chi connectivity index (χ3n) is 5.16. The second-order valence-corrected chi connectivity index (χ2v) is 6.54. The van der Waals surface area contributed by atoms with E-state index in [1.165, 1.54) is 49.8 Å². The number of hydrogen-bond acceptors (Lipinski definition) is 3. The Morgan fingerprint density at radius 1 is 1.30 bits per heavy atom. The van der Waals surface area contributed by atoms with E-state index in [0.717, 1.165) is 18.7 Å². The molecular formula is C16H27N3O. The SMILES string of the molecule is Cc1nn(CC2CCC3(CCCC3)O2)c(C)c1CCN. The molecule has 2 fully saturated rings. The molecule has 4 heteroatoms. The second-order valence-electron chi connectivity index (χ2n) is 6.54. The fraction of sp³-hybridized carbons (Fsp3) is 0.812. The van der Waals surface area contributed by atoms with Gasteiger partial charge in [-0.1, -0.05) is 12.8 Å². The molecule has 1 aromatic rings. The van der Waals surface area contributed by atoms with Crippen LogP contribution in [-0.4, -0.2) is 28.0 Å². The maximum atomic E-state index is 6.39. The van der Waals surface area contributed by atoms with Crippen molar-refractivity contribution in [2.24, 2.45) is 5.73 Å². The summed E-state index contributed by atoms with van der Waals surface area (Å²) in [6.07, 6.45) is 8.90. The molecule has 0 amide bonds. The second kappa shape index (κ2) is 5.49. The topological polar surface area (TPSA) is 53.1 Å². The summed E-state index contributed by atoms with van der Waals surface area (Å²) in [7, 11) is 0. The van der Waals surface area contributed by atoms with Crippen molar-refractivity contribution in [1.29, 1.82) is 0 Å². The molecule has 0 aromatic carbocycles. The van der Waals surface area contributed by atoms with Gasteiger partial charge in [-0.05, 0) is 58.1 Å². The predicted molar refractivity (Wildman–Crippen MR) is 79.8 cm³/mol. The first-order valence-corrected chi connectivity index (χ1v) is 8.04. The highest BCUT2D eigenvalue weighted by Gasteiger charge is 2.42. The molecule has 1 saturated carbocycles. The molecule has 2 heterocycles. The molecule has 1 saturated heterocycles. The van der Waals surface area contributed by atoms with Crippen LogP contribution in [0.3, 0.4) is 0 Å². The quantitative estimate of drug-likeness (QED) is 0.920. The standard InChI is InChI=1S/C16H27N3O/c1-12-15(6-10-17)13(2)19(18-12)11-14-5-9-16(20-14)7-3-4-8-16/h14H,3-11,17H2,1-2H3. The van der Waals surface area contributed by atoms with Gasteiger partial charge < -0.3 is 10.5 Å². The largest absolute Gasteiger partial charge is 0.370 e. The minimum absolute atomic E-state index is 0.223. The number of ether oxygens (including phenoxy) is 1. The molecule has 2 aliphatic rings. The minimum atomic E-state index is 0.223. The number of aromatic nitrogens is 2. The summed E-state index contributed by atoms with van der Waals surface area (Å²) in [6.45, 7) is 5.84. The van der Waals surface area contributed by atoms with E-state index in [1.54, 1.807) is 0 Å². The highest BCUT2D eigenvalue weighted by Crippen LogP contribution is 2.43. The Balaban J connectivity index is 1.68. The van der Waals surface area contributed by atoms with Crippen molar-refractivity contribution in [3.05, 3.63) is 17.0 Å². The van der Waals surface area contributed by atoms with E-state index in [9.17, 15) is 0 Å². The normalized spacial score (nSPS) is 24.9. The summed E-state index contributed by atoms with van der Waals surface area (Å²) in [5.41, 5.74) is 9.63. The highest BCUT2D eigenvalue weighted by molar-refractivity contribution is 5.24. The lowest BCUT2D eigenvalue weighted by molar-refractivity contribution is -0.0431. The molecule has 1 aromatic heterocycles. The maximum Gasteiger partial charge on any atom is 0.0779 e. The number of nitrogens with two attached hydrogens (primary N) is 1. The Labute approximate surface area is 121 Å². The number of aryl methyl sites for hydroxylation is 1. The zero-order valence-corrected chi connectivity index (χ0v) is 12.8. The summed E-state index contributed by atoms with van der Waals surface area (Å²) in [5, 5.41) is 4.69. The summed E-state index contributed by atoms with van der Waals surface area (Å²) < 4.78 is 8.53. The first kappa shape index (κ1) is 14.1. The zero-order chi connectivity index (χ0) is 14.2. The molecule has 4 nitrogen and oxygen atoms in total. The van der Waals surface area contributed by atoms with E-state index in [4.69, 9.17) is 10.5 Å². The van der Waals surface area contributed by atoms with E-state index >= 15 is 0 Å². The van der Waals surface area contributed by atoms with Gasteiger partial charge in [0.2, 0.25) is 0 Å². The molecule has 2 N–H and O–H groups in total. The molecule has 112 valence electrons. The van der Waals surface area contributed by atoms with Crippen LogP contribution in [0.15, 0.2) is 0 Å². The van der Waals surface area contributed by atoms with Crippen LogP contribution in [0, 0.1) is 13.8 Å². The molecule has 0 radical (unpaired) electrons. The van der Waals surface area contributed by atoms with Gasteiger partial charge in [-0.25, -0.2) is 0 Å². The monoisotopic (exact) mass is 277 g/mol. The first-order chi connectivity index (χ1) is 9.63. The van der Waals surface area contributed by atoms with Crippen molar-refractivity contribution in [3.63, 3.8) is 0 Å². The summed E-state index contributed by atoms with van der Waals surface area (Å²) >= 11 is 0. The maximum absolute atomic E-state index is 6.39. The molecule has 1 spiro atoms. The van der Waals surface area contributed by atoms with Gasteiger partial charge in [0.15, 0.2) is 0 Å². The van der Waals surface area contributed by atoms with E-state index in [2.05, 4.69) is 23.6 Å². The lowest BCUT2D eigenvalue weighted by Crippen LogP contribution is -2.27. The Hall–Kier alpha value is -0.870. The summed E-state index contributed by atoms with van der Waals surface area (Å²) in [6, 6.07) is 0. The lowest BCUT2D eigenvalue weighted by Gasteiger charge is -2.24. The van der Waals surface area contributed by atoms with Crippen molar-refractivity contribution >= 4 is 0 Å².